The van der Waals surface area contributed by atoms with Crippen molar-refractivity contribution in [2.24, 2.45) is 16.8 Å². The van der Waals surface area contributed by atoms with E-state index in [4.69, 9.17) is 0 Å². The maximum atomic E-state index is 11.5. The Hall–Kier alpha value is -0.570. The Kier molecular flexibility index (Phi) is 12.4. The maximum Gasteiger partial charge on any atom is 0.222 e. The van der Waals surface area contributed by atoms with Gasteiger partial charge in [-0.1, -0.05) is 27.7 Å². The highest BCUT2D eigenvalue weighted by atomic mass is 127. The minimum Gasteiger partial charge on any atom is -0.355 e. The zero-order valence-electron chi connectivity index (χ0n) is 15.9. The third-order valence-corrected chi connectivity index (χ3v) is 4.02. The number of hydrogen-bond donors (Lipinski definition) is 3. The van der Waals surface area contributed by atoms with Gasteiger partial charge >= 0.3 is 0 Å². The second-order valence-corrected chi connectivity index (χ2v) is 7.06. The normalized spacial score (nSPS) is 16.9. The monoisotopic (exact) mass is 453 g/mol. The SMILES string of the molecule is CN=C(NCCNC(=O)C(C)C)NC1CCN(CC(C)C)CC1.I. The van der Waals surface area contributed by atoms with Crippen molar-refractivity contribution in [3.8, 4) is 0 Å². The van der Waals surface area contributed by atoms with Crippen LogP contribution in [0.3, 0.4) is 0 Å². The van der Waals surface area contributed by atoms with E-state index in [1.807, 2.05) is 13.8 Å². The van der Waals surface area contributed by atoms with Crippen LogP contribution in [0.5, 0.6) is 0 Å². The molecule has 0 radical (unpaired) electrons. The van der Waals surface area contributed by atoms with E-state index in [-0.39, 0.29) is 35.8 Å². The Morgan fingerprint density at radius 1 is 1.12 bits per heavy atom. The summed E-state index contributed by atoms with van der Waals surface area (Å²) in [6.07, 6.45) is 2.30. The highest BCUT2D eigenvalue weighted by Gasteiger charge is 2.20. The number of aliphatic imine (C=N–C) groups is 1. The quantitative estimate of drug-likeness (QED) is 0.238. The van der Waals surface area contributed by atoms with Gasteiger partial charge in [0.15, 0.2) is 5.96 Å². The standard InChI is InChI=1S/C17H35N5O.HI/c1-13(2)12-22-10-6-15(7-11-22)21-17(18-5)20-9-8-19-16(23)14(3)4;/h13-15H,6-12H2,1-5H3,(H,19,23)(H2,18,20,21);1H. The molecule has 142 valence electrons. The minimum absolute atomic E-state index is 0. The van der Waals surface area contributed by atoms with Gasteiger partial charge in [0.25, 0.3) is 0 Å². The van der Waals surface area contributed by atoms with E-state index < -0.39 is 0 Å². The fraction of sp³-hybridized carbons (Fsp3) is 0.882. The summed E-state index contributed by atoms with van der Waals surface area (Å²) in [4.78, 5) is 18.3. The minimum atomic E-state index is 0. The van der Waals surface area contributed by atoms with E-state index in [0.29, 0.717) is 19.1 Å². The summed E-state index contributed by atoms with van der Waals surface area (Å²) in [5, 5.41) is 9.65. The lowest BCUT2D eigenvalue weighted by Gasteiger charge is -2.34. The second-order valence-electron chi connectivity index (χ2n) is 7.06. The number of piperidine rings is 1. The fourth-order valence-electron chi connectivity index (χ4n) is 2.73. The molecular formula is C17H36IN5O. The number of guanidine groups is 1. The fourth-order valence-corrected chi connectivity index (χ4v) is 2.73. The lowest BCUT2D eigenvalue weighted by molar-refractivity contribution is -0.123. The zero-order chi connectivity index (χ0) is 17.2. The molecule has 24 heavy (non-hydrogen) atoms. The van der Waals surface area contributed by atoms with Gasteiger partial charge in [-0.05, 0) is 18.8 Å². The summed E-state index contributed by atoms with van der Waals surface area (Å²) >= 11 is 0. The van der Waals surface area contributed by atoms with Gasteiger partial charge in [0.05, 0.1) is 0 Å². The summed E-state index contributed by atoms with van der Waals surface area (Å²) in [5.41, 5.74) is 0. The number of amides is 1. The van der Waals surface area contributed by atoms with Crippen LogP contribution in [-0.2, 0) is 4.79 Å². The first-order chi connectivity index (χ1) is 10.9. The van der Waals surface area contributed by atoms with Gasteiger partial charge in [-0.25, -0.2) is 0 Å². The van der Waals surface area contributed by atoms with Crippen LogP contribution in [0, 0.1) is 11.8 Å². The molecule has 1 saturated heterocycles. The number of likely N-dealkylation sites (tertiary alicyclic amines) is 1. The van der Waals surface area contributed by atoms with Crippen LogP contribution < -0.4 is 16.0 Å². The summed E-state index contributed by atoms with van der Waals surface area (Å²) in [6, 6.07) is 0.481. The predicted molar refractivity (Wildman–Crippen MR) is 112 cm³/mol. The summed E-state index contributed by atoms with van der Waals surface area (Å²) in [6.45, 7) is 13.1. The molecule has 1 aliphatic heterocycles. The lowest BCUT2D eigenvalue weighted by Crippen LogP contribution is -2.50. The van der Waals surface area contributed by atoms with Crippen LogP contribution in [0.4, 0.5) is 0 Å². The van der Waals surface area contributed by atoms with E-state index in [0.717, 1.165) is 37.8 Å². The Morgan fingerprint density at radius 3 is 2.21 bits per heavy atom. The molecular weight excluding hydrogens is 417 g/mol. The van der Waals surface area contributed by atoms with Crippen molar-refractivity contribution < 1.29 is 4.79 Å². The number of hydrogen-bond acceptors (Lipinski definition) is 3. The van der Waals surface area contributed by atoms with Gasteiger partial charge in [0.1, 0.15) is 0 Å². The lowest BCUT2D eigenvalue weighted by atomic mass is 10.0. The number of carbonyl (C=O) groups is 1. The topological polar surface area (TPSA) is 68.8 Å². The molecule has 0 bridgehead atoms. The van der Waals surface area contributed by atoms with Gasteiger partial charge in [0.2, 0.25) is 5.91 Å². The molecule has 0 aliphatic carbocycles. The van der Waals surface area contributed by atoms with Crippen molar-refractivity contribution in [2.45, 2.75) is 46.6 Å². The molecule has 0 aromatic rings. The number of nitrogens with zero attached hydrogens (tertiary/aromatic N) is 2. The number of halogens is 1. The Balaban J connectivity index is 0.00000529. The molecule has 1 fully saturated rings. The predicted octanol–water partition coefficient (Wildman–Crippen LogP) is 1.66. The molecule has 0 atom stereocenters. The van der Waals surface area contributed by atoms with Crippen molar-refractivity contribution in [3.63, 3.8) is 0 Å². The van der Waals surface area contributed by atoms with Crippen LogP contribution in [0.2, 0.25) is 0 Å². The second kappa shape index (κ2) is 12.7. The molecule has 0 saturated carbocycles. The first kappa shape index (κ1) is 23.4. The summed E-state index contributed by atoms with van der Waals surface area (Å²) in [5.74, 6) is 1.68. The Labute approximate surface area is 164 Å². The number of nitrogens with one attached hydrogen (secondary N) is 3. The molecule has 1 aliphatic rings. The molecule has 3 N–H and O–H groups in total. The first-order valence-corrected chi connectivity index (χ1v) is 8.89. The molecule has 7 heteroatoms. The largest absolute Gasteiger partial charge is 0.355 e. The van der Waals surface area contributed by atoms with E-state index in [1.165, 1.54) is 6.54 Å². The molecule has 0 aromatic carbocycles. The average molecular weight is 453 g/mol. The van der Waals surface area contributed by atoms with E-state index in [9.17, 15) is 4.79 Å². The highest BCUT2D eigenvalue weighted by Crippen LogP contribution is 2.11. The van der Waals surface area contributed by atoms with Crippen LogP contribution in [0.1, 0.15) is 40.5 Å². The molecule has 0 aromatic heterocycles. The van der Waals surface area contributed by atoms with E-state index in [1.54, 1.807) is 7.05 Å². The molecule has 1 rings (SSSR count). The number of carbonyl (C=O) groups excluding carboxylic acids is 1. The Bertz CT molecular complexity index is 379. The summed E-state index contributed by atoms with van der Waals surface area (Å²) in [7, 11) is 1.79. The van der Waals surface area contributed by atoms with Gasteiger partial charge in [0, 0.05) is 51.7 Å². The van der Waals surface area contributed by atoms with Crippen molar-refractivity contribution in [1.82, 2.24) is 20.9 Å². The molecule has 1 heterocycles. The maximum absolute atomic E-state index is 11.5. The van der Waals surface area contributed by atoms with Crippen LogP contribution in [-0.4, -0.2) is 62.6 Å². The van der Waals surface area contributed by atoms with E-state index in [2.05, 4.69) is 39.7 Å². The van der Waals surface area contributed by atoms with Crippen molar-refractivity contribution in [2.75, 3.05) is 39.8 Å². The number of rotatable bonds is 7. The smallest absolute Gasteiger partial charge is 0.222 e. The average Bonchev–Trinajstić information content (AvgIpc) is 2.51. The third kappa shape index (κ3) is 9.66. The molecule has 6 nitrogen and oxygen atoms in total. The van der Waals surface area contributed by atoms with Crippen molar-refractivity contribution >= 4 is 35.8 Å². The highest BCUT2D eigenvalue weighted by molar-refractivity contribution is 14.0. The molecule has 0 spiro atoms. The van der Waals surface area contributed by atoms with Gasteiger partial charge in [-0.15, -0.1) is 24.0 Å². The molecule has 1 amide bonds. The van der Waals surface area contributed by atoms with Crippen molar-refractivity contribution in [3.05, 3.63) is 0 Å². The van der Waals surface area contributed by atoms with Gasteiger partial charge in [-0.3, -0.25) is 9.79 Å². The van der Waals surface area contributed by atoms with Gasteiger partial charge < -0.3 is 20.9 Å². The van der Waals surface area contributed by atoms with E-state index >= 15 is 0 Å². The van der Waals surface area contributed by atoms with Crippen molar-refractivity contribution in [1.29, 1.82) is 0 Å². The first-order valence-electron chi connectivity index (χ1n) is 8.89. The van der Waals surface area contributed by atoms with Crippen LogP contribution >= 0.6 is 24.0 Å². The Morgan fingerprint density at radius 2 is 1.71 bits per heavy atom. The van der Waals surface area contributed by atoms with Crippen LogP contribution in [0.25, 0.3) is 0 Å². The zero-order valence-corrected chi connectivity index (χ0v) is 18.2. The third-order valence-electron chi connectivity index (χ3n) is 4.02. The summed E-state index contributed by atoms with van der Waals surface area (Å²) < 4.78 is 0. The van der Waals surface area contributed by atoms with Gasteiger partial charge in [-0.2, -0.15) is 0 Å². The van der Waals surface area contributed by atoms with Crippen LogP contribution in [0.15, 0.2) is 4.99 Å². The molecule has 0 unspecified atom stereocenters.